The zero-order chi connectivity index (χ0) is 53.0. The summed E-state index contributed by atoms with van der Waals surface area (Å²) in [6.45, 7) is 26.5. The van der Waals surface area contributed by atoms with Gasteiger partial charge in [0.15, 0.2) is 11.0 Å². The van der Waals surface area contributed by atoms with Crippen LogP contribution in [0.5, 0.6) is 11.5 Å². The first-order chi connectivity index (χ1) is 34.8. The summed E-state index contributed by atoms with van der Waals surface area (Å²) in [5, 5.41) is 2.13. The molecular formula is C64H63N4OPt-. The first-order valence-electron chi connectivity index (χ1n) is 26.4. The second-order valence-electron chi connectivity index (χ2n) is 22.4. The summed E-state index contributed by atoms with van der Waals surface area (Å²) in [6, 6.07) is 47.3. The van der Waals surface area contributed by atoms with E-state index in [0.717, 1.165) is 55.3 Å². The molecule has 0 aliphatic carbocycles. The molecule has 10 rings (SSSR count). The van der Waals surface area contributed by atoms with E-state index in [1.165, 1.54) is 16.7 Å². The quantitative estimate of drug-likeness (QED) is 0.118. The van der Waals surface area contributed by atoms with Crippen LogP contribution in [0.25, 0.3) is 72.3 Å². The predicted octanol–water partition coefficient (Wildman–Crippen LogP) is 16.3. The van der Waals surface area contributed by atoms with E-state index in [9.17, 15) is 0 Å². The van der Waals surface area contributed by atoms with E-state index in [1.807, 2.05) is 55.0 Å². The van der Waals surface area contributed by atoms with Crippen molar-refractivity contribution in [1.82, 2.24) is 14.1 Å². The zero-order valence-corrected chi connectivity index (χ0v) is 44.5. The minimum absolute atomic E-state index is 0. The van der Waals surface area contributed by atoms with Crippen LogP contribution >= 0.6 is 0 Å². The molecular weight excluding hydrogens is 1040 g/mol. The van der Waals surface area contributed by atoms with Crippen molar-refractivity contribution in [2.24, 2.45) is 0 Å². The van der Waals surface area contributed by atoms with Gasteiger partial charge in [-0.25, -0.2) is 9.55 Å². The molecule has 10 aromatic rings. The maximum Gasteiger partial charge on any atom is 0.253 e. The van der Waals surface area contributed by atoms with Crippen LogP contribution in [-0.4, -0.2) is 14.1 Å². The van der Waals surface area contributed by atoms with Crippen LogP contribution < -0.4 is 9.30 Å². The maximum absolute atomic E-state index is 9.17. The third-order valence-electron chi connectivity index (χ3n) is 13.2. The number of rotatable bonds is 7. The van der Waals surface area contributed by atoms with Crippen molar-refractivity contribution in [1.29, 1.82) is 0 Å². The van der Waals surface area contributed by atoms with Crippen molar-refractivity contribution >= 4 is 32.8 Å². The number of fused-ring (bicyclic) bond motifs is 4. The van der Waals surface area contributed by atoms with Gasteiger partial charge in [-0.1, -0.05) is 179 Å². The maximum atomic E-state index is 9.17. The Kier molecular flexibility index (Phi) is 10.9. The average molecular weight is 1100 g/mol. The molecule has 0 N–H and O–H groups in total. The molecule has 0 atom stereocenters. The van der Waals surface area contributed by atoms with E-state index < -0.39 is 11.5 Å². The number of aromatic nitrogens is 4. The average Bonchev–Trinajstić information content (AvgIpc) is 3.92. The monoisotopic (exact) mass is 1100 g/mol. The summed E-state index contributed by atoms with van der Waals surface area (Å²) in [7, 11) is 0. The Balaban J connectivity index is 0.00000689. The summed E-state index contributed by atoms with van der Waals surface area (Å²) in [5.41, 5.74) is 11.7. The van der Waals surface area contributed by atoms with Crippen molar-refractivity contribution in [3.8, 4) is 50.9 Å². The van der Waals surface area contributed by atoms with Crippen LogP contribution in [-0.2, 0) is 42.7 Å². The molecule has 0 unspecified atom stereocenters. The second kappa shape index (κ2) is 18.0. The van der Waals surface area contributed by atoms with E-state index >= 15 is 0 Å². The first kappa shape index (κ1) is 42.3. The fourth-order valence-electron chi connectivity index (χ4n) is 9.30. The van der Waals surface area contributed by atoms with Gasteiger partial charge < -0.3 is 9.30 Å². The topological polar surface area (TPSA) is 35.9 Å². The van der Waals surface area contributed by atoms with Crippen molar-refractivity contribution in [3.05, 3.63) is 198 Å². The Morgan fingerprint density at radius 2 is 1.24 bits per heavy atom. The summed E-state index contributed by atoms with van der Waals surface area (Å²) in [5.74, 6) is 1.81. The minimum atomic E-state index is -0.431. The number of benzene rings is 7. The normalized spacial score (nSPS) is 13.5. The largest absolute Gasteiger partial charge is 0.509 e. The van der Waals surface area contributed by atoms with E-state index in [4.69, 9.17) is 16.6 Å². The summed E-state index contributed by atoms with van der Waals surface area (Å²) in [4.78, 5) is 4.87. The molecule has 356 valence electrons. The molecule has 0 fully saturated rings. The number of para-hydroxylation sites is 2. The van der Waals surface area contributed by atoms with E-state index in [2.05, 4.69) is 188 Å². The SMILES string of the molecule is [2H]c1c([2H])c([2H])c(-c2cccc(C(C)(C)C)c2-[n+]2cn(-c3[c-]c(Oc4[c-]c5c(cc4)c4ccccc4n5-c4cc(C(C)(C)C)ccn4)ccc3)c3cc(-c4cc(C(C)(C)C)cc(C(C)(C)C)c4)ccc32)c([2H])c1[2H].[Pt]. The Morgan fingerprint density at radius 1 is 0.557 bits per heavy atom. The molecule has 0 radical (unpaired) electrons. The van der Waals surface area contributed by atoms with Gasteiger partial charge in [0.05, 0.1) is 6.85 Å². The molecule has 3 aromatic heterocycles. The predicted molar refractivity (Wildman–Crippen MR) is 287 cm³/mol. The summed E-state index contributed by atoms with van der Waals surface area (Å²) >= 11 is 0. The van der Waals surface area contributed by atoms with Gasteiger partial charge in [0.1, 0.15) is 11.5 Å². The van der Waals surface area contributed by atoms with Crippen LogP contribution in [0.3, 0.4) is 0 Å². The third-order valence-corrected chi connectivity index (χ3v) is 13.2. The Morgan fingerprint density at radius 3 is 1.94 bits per heavy atom. The van der Waals surface area contributed by atoms with Crippen molar-refractivity contribution in [2.75, 3.05) is 0 Å². The molecule has 0 bridgehead atoms. The molecule has 6 heteroatoms. The molecule has 5 nitrogen and oxygen atoms in total. The molecule has 0 saturated carbocycles. The minimum Gasteiger partial charge on any atom is -0.509 e. The van der Waals surface area contributed by atoms with Gasteiger partial charge in [0.25, 0.3) is 6.33 Å². The fourth-order valence-corrected chi connectivity index (χ4v) is 9.30. The standard InChI is InChI=1S/C64H63N4O.Pt/c1-61(2,3)45-32-33-65-59(38-45)68-55-27-17-16-24-52(55)53-30-29-50(40-57(53)68)69-49-23-18-22-48(39-49)66-41-67(60-51(42-20-14-13-15-21-42)25-19-26-54(60)64(10,11)12)56-31-28-43(36-58(56)66)44-34-46(62(4,5)6)37-47(35-44)63(7,8)9;/h13-38,41H,1-12H3;/q-1;/i13D,14D,15D,20D,21D;. The van der Waals surface area contributed by atoms with Crippen molar-refractivity contribution in [2.45, 2.75) is 105 Å². The Hall–Kier alpha value is -6.55. The Bertz CT molecular complexity index is 3820. The van der Waals surface area contributed by atoms with E-state index in [0.29, 0.717) is 28.4 Å². The molecule has 0 saturated heterocycles. The molecule has 7 aromatic carbocycles. The fraction of sp³-hybridized carbons (Fsp3) is 0.250. The van der Waals surface area contributed by atoms with E-state index in [1.54, 1.807) is 0 Å². The molecule has 3 heterocycles. The smallest absolute Gasteiger partial charge is 0.253 e. The number of ether oxygens (including phenoxy) is 1. The van der Waals surface area contributed by atoms with Gasteiger partial charge in [-0.2, -0.15) is 16.7 Å². The number of nitrogens with zero attached hydrogens (tertiary/aromatic N) is 4. The number of hydrogen-bond donors (Lipinski definition) is 0. The summed E-state index contributed by atoms with van der Waals surface area (Å²) in [6.07, 6.45) is 3.90. The molecule has 0 aliphatic heterocycles. The number of hydrogen-bond acceptors (Lipinski definition) is 2. The van der Waals surface area contributed by atoms with Crippen LogP contribution in [0.1, 0.15) is 112 Å². The second-order valence-corrected chi connectivity index (χ2v) is 22.4. The van der Waals surface area contributed by atoms with Crippen molar-refractivity contribution < 1.29 is 37.2 Å². The zero-order valence-electron chi connectivity index (χ0n) is 47.2. The summed E-state index contributed by atoms with van der Waals surface area (Å²) < 4.78 is 57.3. The van der Waals surface area contributed by atoms with Crippen LogP contribution in [0, 0.1) is 12.1 Å². The van der Waals surface area contributed by atoms with Crippen LogP contribution in [0.2, 0.25) is 0 Å². The number of imidazole rings is 1. The van der Waals surface area contributed by atoms with Gasteiger partial charge in [-0.05, 0) is 96.8 Å². The van der Waals surface area contributed by atoms with Gasteiger partial charge in [-0.3, -0.25) is 0 Å². The van der Waals surface area contributed by atoms with Crippen LogP contribution in [0.4, 0.5) is 0 Å². The van der Waals surface area contributed by atoms with Crippen LogP contribution in [0.15, 0.2) is 164 Å². The van der Waals surface area contributed by atoms with Gasteiger partial charge >= 0.3 is 0 Å². The molecule has 70 heavy (non-hydrogen) atoms. The van der Waals surface area contributed by atoms with Gasteiger partial charge in [0.2, 0.25) is 0 Å². The molecule has 0 amide bonds. The van der Waals surface area contributed by atoms with Gasteiger partial charge in [-0.15, -0.1) is 29.7 Å². The van der Waals surface area contributed by atoms with Gasteiger partial charge in [0, 0.05) is 61.1 Å². The number of pyridine rings is 1. The Labute approximate surface area is 436 Å². The van der Waals surface area contributed by atoms with Crippen molar-refractivity contribution in [3.63, 3.8) is 0 Å². The van der Waals surface area contributed by atoms with E-state index in [-0.39, 0.29) is 67.0 Å². The molecule has 0 spiro atoms. The molecule has 0 aliphatic rings. The first-order valence-corrected chi connectivity index (χ1v) is 23.9. The third kappa shape index (κ3) is 9.17.